The number of carbonyl (C=O) groups excluding carboxylic acids is 1. The molecular formula is C17H28N2O2. The van der Waals surface area contributed by atoms with Gasteiger partial charge in [0.25, 0.3) is 0 Å². The molecule has 0 fully saturated rings. The molecule has 0 aliphatic carbocycles. The van der Waals surface area contributed by atoms with Gasteiger partial charge in [0.05, 0.1) is 6.54 Å². The van der Waals surface area contributed by atoms with Gasteiger partial charge in [0.1, 0.15) is 0 Å². The fraction of sp³-hybridized carbons (Fsp3) is 0.588. The third kappa shape index (κ3) is 6.74. The van der Waals surface area contributed by atoms with Crippen LogP contribution in [0.25, 0.3) is 0 Å². The van der Waals surface area contributed by atoms with Gasteiger partial charge < -0.3 is 10.4 Å². The average molecular weight is 292 g/mol. The molecule has 0 spiro atoms. The Morgan fingerprint density at radius 3 is 2.38 bits per heavy atom. The predicted molar refractivity (Wildman–Crippen MR) is 87.6 cm³/mol. The minimum absolute atomic E-state index is 0.0326. The Morgan fingerprint density at radius 2 is 1.76 bits per heavy atom. The second-order valence-electron chi connectivity index (χ2n) is 5.69. The van der Waals surface area contributed by atoms with Crippen LogP contribution in [0.3, 0.4) is 0 Å². The lowest BCUT2D eigenvalue weighted by molar-refractivity contribution is -0.117. The minimum Gasteiger partial charge on any atom is -0.396 e. The molecule has 4 heteroatoms. The lowest BCUT2D eigenvalue weighted by atomic mass is 10.1. The fourth-order valence-electron chi connectivity index (χ4n) is 2.36. The summed E-state index contributed by atoms with van der Waals surface area (Å²) >= 11 is 0. The Morgan fingerprint density at radius 1 is 1.14 bits per heavy atom. The van der Waals surface area contributed by atoms with Gasteiger partial charge in [-0.05, 0) is 51.4 Å². The van der Waals surface area contributed by atoms with E-state index in [0.717, 1.165) is 49.0 Å². The second kappa shape index (κ2) is 9.53. The topological polar surface area (TPSA) is 52.6 Å². The first-order valence-electron chi connectivity index (χ1n) is 7.70. The molecular weight excluding hydrogens is 264 g/mol. The molecule has 1 amide bonds. The van der Waals surface area contributed by atoms with Crippen molar-refractivity contribution in [3.05, 3.63) is 29.3 Å². The number of anilines is 1. The summed E-state index contributed by atoms with van der Waals surface area (Å²) in [7, 11) is 1.97. The number of hydrogen-bond donors (Lipinski definition) is 2. The van der Waals surface area contributed by atoms with Gasteiger partial charge in [-0.3, -0.25) is 9.69 Å². The summed E-state index contributed by atoms with van der Waals surface area (Å²) in [5.41, 5.74) is 3.11. The van der Waals surface area contributed by atoms with E-state index in [9.17, 15) is 4.79 Å². The first-order chi connectivity index (χ1) is 10.0. The van der Waals surface area contributed by atoms with Crippen LogP contribution >= 0.6 is 0 Å². The first-order valence-corrected chi connectivity index (χ1v) is 7.70. The maximum absolute atomic E-state index is 12.1. The molecule has 1 rings (SSSR count). The number of nitrogens with one attached hydrogen (secondary N) is 1. The van der Waals surface area contributed by atoms with E-state index < -0.39 is 0 Å². The zero-order chi connectivity index (χ0) is 15.7. The average Bonchev–Trinajstić information content (AvgIpc) is 2.43. The van der Waals surface area contributed by atoms with Crippen LogP contribution in [-0.4, -0.2) is 42.7 Å². The molecule has 0 aliphatic rings. The van der Waals surface area contributed by atoms with Crippen molar-refractivity contribution < 1.29 is 9.90 Å². The van der Waals surface area contributed by atoms with E-state index in [1.54, 1.807) is 0 Å². The Kier molecular flexibility index (Phi) is 8.01. The standard InChI is InChI=1S/C17H28N2O2/c1-14-9-8-10-15(2)17(14)18-16(21)13-19(3)11-6-4-5-7-12-20/h8-10,20H,4-7,11-13H2,1-3H3,(H,18,21). The molecule has 0 aromatic heterocycles. The highest BCUT2D eigenvalue weighted by Gasteiger charge is 2.09. The number of aryl methyl sites for hydroxylation is 2. The third-order valence-corrected chi connectivity index (χ3v) is 3.61. The summed E-state index contributed by atoms with van der Waals surface area (Å²) in [5, 5.41) is 11.7. The van der Waals surface area contributed by atoms with Gasteiger partial charge in [-0.15, -0.1) is 0 Å². The second-order valence-corrected chi connectivity index (χ2v) is 5.69. The Bertz CT molecular complexity index is 426. The lowest BCUT2D eigenvalue weighted by Crippen LogP contribution is -2.31. The molecule has 0 bridgehead atoms. The SMILES string of the molecule is Cc1cccc(C)c1NC(=O)CN(C)CCCCCCO. The number of nitrogens with zero attached hydrogens (tertiary/aromatic N) is 1. The van der Waals surface area contributed by atoms with Gasteiger partial charge >= 0.3 is 0 Å². The van der Waals surface area contributed by atoms with E-state index in [1.165, 1.54) is 0 Å². The number of aliphatic hydroxyl groups is 1. The molecule has 0 saturated heterocycles. The largest absolute Gasteiger partial charge is 0.396 e. The molecule has 0 saturated carbocycles. The number of aliphatic hydroxyl groups excluding tert-OH is 1. The van der Waals surface area contributed by atoms with Gasteiger partial charge in [-0.2, -0.15) is 0 Å². The fourth-order valence-corrected chi connectivity index (χ4v) is 2.36. The molecule has 0 radical (unpaired) electrons. The number of para-hydroxylation sites is 1. The van der Waals surface area contributed by atoms with E-state index in [2.05, 4.69) is 5.32 Å². The smallest absolute Gasteiger partial charge is 0.238 e. The number of unbranched alkanes of at least 4 members (excludes halogenated alkanes) is 3. The number of amides is 1. The molecule has 21 heavy (non-hydrogen) atoms. The first kappa shape index (κ1) is 17.7. The van der Waals surface area contributed by atoms with Gasteiger partial charge in [-0.25, -0.2) is 0 Å². The van der Waals surface area contributed by atoms with E-state index in [4.69, 9.17) is 5.11 Å². The van der Waals surface area contributed by atoms with Crippen molar-refractivity contribution in [2.45, 2.75) is 39.5 Å². The molecule has 0 atom stereocenters. The quantitative estimate of drug-likeness (QED) is 0.688. The summed E-state index contributed by atoms with van der Waals surface area (Å²) < 4.78 is 0. The molecule has 118 valence electrons. The zero-order valence-corrected chi connectivity index (χ0v) is 13.5. The summed E-state index contributed by atoms with van der Waals surface area (Å²) in [6.07, 6.45) is 4.09. The maximum atomic E-state index is 12.1. The normalized spacial score (nSPS) is 10.9. The minimum atomic E-state index is 0.0326. The van der Waals surface area contributed by atoms with Gasteiger partial charge in [-0.1, -0.05) is 31.0 Å². The Labute approximate surface area is 128 Å². The molecule has 0 unspecified atom stereocenters. The summed E-state index contributed by atoms with van der Waals surface area (Å²) in [4.78, 5) is 14.1. The van der Waals surface area contributed by atoms with Crippen molar-refractivity contribution in [3.63, 3.8) is 0 Å². The van der Waals surface area contributed by atoms with Crippen LogP contribution in [-0.2, 0) is 4.79 Å². The van der Waals surface area contributed by atoms with Crippen molar-refractivity contribution in [2.75, 3.05) is 32.1 Å². The molecule has 0 heterocycles. The number of carbonyl (C=O) groups is 1. The maximum Gasteiger partial charge on any atom is 0.238 e. The van der Waals surface area contributed by atoms with Crippen LogP contribution in [0.4, 0.5) is 5.69 Å². The molecule has 2 N–H and O–H groups in total. The molecule has 0 aliphatic heterocycles. The number of rotatable bonds is 9. The zero-order valence-electron chi connectivity index (χ0n) is 13.5. The van der Waals surface area contributed by atoms with Crippen molar-refractivity contribution in [1.29, 1.82) is 0 Å². The lowest BCUT2D eigenvalue weighted by Gasteiger charge is -2.17. The molecule has 1 aromatic carbocycles. The van der Waals surface area contributed by atoms with Crippen LogP contribution in [0.1, 0.15) is 36.8 Å². The summed E-state index contributed by atoms with van der Waals surface area (Å²) in [6.45, 7) is 5.61. The van der Waals surface area contributed by atoms with Crippen LogP contribution < -0.4 is 5.32 Å². The van der Waals surface area contributed by atoms with E-state index in [0.29, 0.717) is 6.54 Å². The van der Waals surface area contributed by atoms with Crippen LogP contribution in [0.5, 0.6) is 0 Å². The van der Waals surface area contributed by atoms with Crippen LogP contribution in [0, 0.1) is 13.8 Å². The number of benzene rings is 1. The highest BCUT2D eigenvalue weighted by atomic mass is 16.2. The van der Waals surface area contributed by atoms with Crippen LogP contribution in [0.2, 0.25) is 0 Å². The van der Waals surface area contributed by atoms with Gasteiger partial charge in [0, 0.05) is 12.3 Å². The highest BCUT2D eigenvalue weighted by Crippen LogP contribution is 2.19. The van der Waals surface area contributed by atoms with Crippen molar-refractivity contribution >= 4 is 11.6 Å². The molecule has 1 aromatic rings. The Hall–Kier alpha value is -1.39. The third-order valence-electron chi connectivity index (χ3n) is 3.61. The molecule has 4 nitrogen and oxygen atoms in total. The van der Waals surface area contributed by atoms with Crippen molar-refractivity contribution in [3.8, 4) is 0 Å². The van der Waals surface area contributed by atoms with E-state index >= 15 is 0 Å². The highest BCUT2D eigenvalue weighted by molar-refractivity contribution is 5.93. The van der Waals surface area contributed by atoms with Crippen molar-refractivity contribution in [2.24, 2.45) is 0 Å². The number of hydrogen-bond acceptors (Lipinski definition) is 3. The summed E-state index contributed by atoms with van der Waals surface area (Å²) in [6, 6.07) is 6.01. The van der Waals surface area contributed by atoms with Crippen molar-refractivity contribution in [1.82, 2.24) is 4.90 Å². The monoisotopic (exact) mass is 292 g/mol. The summed E-state index contributed by atoms with van der Waals surface area (Å²) in [5.74, 6) is 0.0326. The van der Waals surface area contributed by atoms with E-state index in [1.807, 2.05) is 44.0 Å². The predicted octanol–water partition coefficient (Wildman–Crippen LogP) is 2.73. The van der Waals surface area contributed by atoms with Gasteiger partial charge in [0.2, 0.25) is 5.91 Å². The number of likely N-dealkylation sites (N-methyl/N-ethyl adjacent to an activating group) is 1. The van der Waals surface area contributed by atoms with E-state index in [-0.39, 0.29) is 12.5 Å². The van der Waals surface area contributed by atoms with Crippen LogP contribution in [0.15, 0.2) is 18.2 Å². The van der Waals surface area contributed by atoms with Gasteiger partial charge in [0.15, 0.2) is 0 Å². The Balaban J connectivity index is 2.33.